The van der Waals surface area contributed by atoms with E-state index in [1.54, 1.807) is 0 Å². The summed E-state index contributed by atoms with van der Waals surface area (Å²) in [7, 11) is 0. The minimum atomic E-state index is -0.365. The lowest BCUT2D eigenvalue weighted by Crippen LogP contribution is -2.41. The summed E-state index contributed by atoms with van der Waals surface area (Å²) in [5.41, 5.74) is 7.48. The molecule has 154 valence electrons. The number of benzene rings is 1. The Bertz CT molecular complexity index is 861. The van der Waals surface area contributed by atoms with E-state index in [9.17, 15) is 9.18 Å². The van der Waals surface area contributed by atoms with Crippen molar-refractivity contribution in [3.05, 3.63) is 53.5 Å². The number of amides is 2. The zero-order valence-corrected chi connectivity index (χ0v) is 16.0. The monoisotopic (exact) mass is 389 g/mol. The summed E-state index contributed by atoms with van der Waals surface area (Å²) < 4.78 is 13.1. The molecule has 28 heavy (non-hydrogen) atoms. The highest BCUT2D eigenvalue weighted by atomic mass is 19.1. The van der Waals surface area contributed by atoms with Gasteiger partial charge >= 0.3 is 6.03 Å². The number of halogens is 1. The maximum Gasteiger partial charge on any atom is 0.320 e. The lowest BCUT2D eigenvalue weighted by atomic mass is 9.85. The van der Waals surface area contributed by atoms with Gasteiger partial charge in [-0.15, -0.1) is 0 Å². The van der Waals surface area contributed by atoms with Gasteiger partial charge in [0.25, 0.3) is 0 Å². The van der Waals surface area contributed by atoms with Gasteiger partial charge in [0.1, 0.15) is 11.6 Å². The van der Waals surface area contributed by atoms with Crippen molar-refractivity contribution in [2.75, 3.05) is 11.1 Å². The first-order valence-corrected chi connectivity index (χ1v) is 9.62. The van der Waals surface area contributed by atoms with Crippen LogP contribution in [0.3, 0.4) is 0 Å². The molecule has 0 radical (unpaired) electrons. The quantitative estimate of drug-likeness (QED) is 0.538. The Hall–Kier alpha value is -2.96. The minimum absolute atomic E-state index is 0. The van der Waals surface area contributed by atoms with E-state index in [1.165, 1.54) is 55.8 Å². The largest absolute Gasteiger partial charge is 0.398 e. The van der Waals surface area contributed by atoms with Gasteiger partial charge < -0.3 is 11.1 Å². The van der Waals surface area contributed by atoms with Gasteiger partial charge in [-0.1, -0.05) is 19.3 Å². The number of aromatic nitrogens is 1. The molecule has 1 fully saturated rings. The summed E-state index contributed by atoms with van der Waals surface area (Å²) in [6.07, 6.45) is 7.45. The number of nitrogens with zero attached hydrogens (tertiary/aromatic N) is 1. The van der Waals surface area contributed by atoms with Gasteiger partial charge in [0.05, 0.1) is 5.71 Å². The number of hydrogen-bond donors (Lipinski definition) is 4. The van der Waals surface area contributed by atoms with Crippen molar-refractivity contribution in [3.8, 4) is 0 Å². The van der Waals surface area contributed by atoms with Gasteiger partial charge in [-0.2, -0.15) is 0 Å². The number of hydrogen-bond acceptors (Lipinski definition) is 4. The molecule has 1 aliphatic carbocycles. The van der Waals surface area contributed by atoms with E-state index >= 15 is 0 Å². The van der Waals surface area contributed by atoms with Crippen molar-refractivity contribution in [1.29, 1.82) is 5.41 Å². The predicted molar refractivity (Wildman–Crippen MR) is 116 cm³/mol. The summed E-state index contributed by atoms with van der Waals surface area (Å²) in [6, 6.07) is 6.93. The van der Waals surface area contributed by atoms with E-state index in [-0.39, 0.29) is 27.9 Å². The molecule has 5 N–H and O–H groups in total. The Morgan fingerprint density at radius 1 is 1.29 bits per heavy atom. The first-order chi connectivity index (χ1) is 13.4. The normalized spacial score (nSPS) is 15.6. The molecule has 0 aliphatic heterocycles. The lowest BCUT2D eigenvalue weighted by molar-refractivity contribution is 0.235. The fraction of sp³-hybridized carbons (Fsp3) is 0.381. The summed E-state index contributed by atoms with van der Waals surface area (Å²) in [6.45, 7) is 2.03. The van der Waals surface area contributed by atoms with Crippen LogP contribution in [-0.2, 0) is 0 Å². The van der Waals surface area contributed by atoms with Crippen LogP contribution < -0.4 is 16.4 Å². The summed E-state index contributed by atoms with van der Waals surface area (Å²) in [5, 5.41) is 13.9. The molecule has 0 spiro atoms. The molecule has 0 bridgehead atoms. The predicted octanol–water partition coefficient (Wildman–Crippen LogP) is 5.05. The third-order valence-electron chi connectivity index (χ3n) is 5.30. The Kier molecular flexibility index (Phi) is 6.23. The molecule has 1 aromatic heterocycles. The molecule has 7 heteroatoms. The fourth-order valence-electron chi connectivity index (χ4n) is 3.63. The van der Waals surface area contributed by atoms with Crippen LogP contribution in [0.1, 0.15) is 54.4 Å². The van der Waals surface area contributed by atoms with E-state index in [0.29, 0.717) is 28.6 Å². The average molecular weight is 390 g/mol. The van der Waals surface area contributed by atoms with Gasteiger partial charge in [-0.3, -0.25) is 10.7 Å². The lowest BCUT2D eigenvalue weighted by Gasteiger charge is -2.28. The maximum absolute atomic E-state index is 13.1. The second-order valence-corrected chi connectivity index (χ2v) is 7.32. The molecular formula is C21H32FN5O. The van der Waals surface area contributed by atoms with Crippen LogP contribution in [0.5, 0.6) is 0 Å². The number of rotatable bonds is 5. The highest BCUT2D eigenvalue weighted by molar-refractivity contribution is 6.13. The van der Waals surface area contributed by atoms with Crippen LogP contribution in [0, 0.1) is 17.1 Å². The molecule has 0 saturated heterocycles. The SMILES string of the molecule is C[C@@H](NC(=O)Nc1cc(N)c(C(=N)c2ccc(F)cc2)cn1)C1CCCCC1.[HH].[HH].[HH]. The van der Waals surface area contributed by atoms with Crippen LogP contribution >= 0.6 is 0 Å². The van der Waals surface area contributed by atoms with E-state index < -0.39 is 0 Å². The molecule has 1 aliphatic rings. The number of nitrogens with one attached hydrogen (secondary N) is 3. The fourth-order valence-corrected chi connectivity index (χ4v) is 3.63. The van der Waals surface area contributed by atoms with E-state index in [4.69, 9.17) is 11.1 Å². The zero-order chi connectivity index (χ0) is 20.1. The molecule has 1 aromatic carbocycles. The van der Waals surface area contributed by atoms with Crippen LogP contribution in [-0.4, -0.2) is 22.8 Å². The van der Waals surface area contributed by atoms with Gasteiger partial charge in [0, 0.05) is 39.4 Å². The number of carbonyl (C=O) groups excluding carboxylic acids is 1. The molecule has 2 aromatic rings. The Labute approximate surface area is 168 Å². The van der Waals surface area contributed by atoms with E-state index in [0.717, 1.165) is 12.8 Å². The second-order valence-electron chi connectivity index (χ2n) is 7.32. The number of urea groups is 1. The number of nitrogen functional groups attached to an aromatic ring is 1. The highest BCUT2D eigenvalue weighted by Gasteiger charge is 2.21. The maximum atomic E-state index is 13.1. The first kappa shape index (κ1) is 19.8. The summed E-state index contributed by atoms with van der Waals surface area (Å²) in [4.78, 5) is 16.5. The number of pyridine rings is 1. The second kappa shape index (κ2) is 8.82. The van der Waals surface area contributed by atoms with Gasteiger partial charge in [0.2, 0.25) is 0 Å². The molecule has 1 atom stereocenters. The van der Waals surface area contributed by atoms with E-state index in [2.05, 4.69) is 15.6 Å². The topological polar surface area (TPSA) is 104 Å². The van der Waals surface area contributed by atoms with Crippen molar-refractivity contribution in [2.45, 2.75) is 45.1 Å². The van der Waals surface area contributed by atoms with Gasteiger partial charge in [0.15, 0.2) is 0 Å². The number of carbonyl (C=O) groups is 1. The Morgan fingerprint density at radius 2 is 1.96 bits per heavy atom. The van der Waals surface area contributed by atoms with Crippen LogP contribution in [0.4, 0.5) is 20.7 Å². The van der Waals surface area contributed by atoms with Crippen LogP contribution in [0.15, 0.2) is 36.5 Å². The van der Waals surface area contributed by atoms with Crippen molar-refractivity contribution < 1.29 is 13.5 Å². The smallest absolute Gasteiger partial charge is 0.320 e. The third-order valence-corrected chi connectivity index (χ3v) is 5.30. The highest BCUT2D eigenvalue weighted by Crippen LogP contribution is 2.26. The number of nitrogens with two attached hydrogens (primary N) is 1. The average Bonchev–Trinajstić information content (AvgIpc) is 2.69. The van der Waals surface area contributed by atoms with Crippen molar-refractivity contribution in [3.63, 3.8) is 0 Å². The molecule has 6 nitrogen and oxygen atoms in total. The van der Waals surface area contributed by atoms with Crippen LogP contribution in [0.2, 0.25) is 0 Å². The van der Waals surface area contributed by atoms with Crippen molar-refractivity contribution in [1.82, 2.24) is 10.3 Å². The number of anilines is 2. The Morgan fingerprint density at radius 3 is 2.61 bits per heavy atom. The standard InChI is InChI=1S/C21H26FN5O.3H2/c1-13(14-5-3-2-4-6-14)26-21(28)27-19-11-18(23)17(12-25-19)20(24)15-7-9-16(22)10-8-15;;;/h7-14,24H,2-6H2,1H3,(H4,23,25,26,27,28);3*1H/t13-;;;/m1.../s1. The van der Waals surface area contributed by atoms with Crippen molar-refractivity contribution >= 4 is 23.2 Å². The Balaban J connectivity index is 0.00000300. The zero-order valence-electron chi connectivity index (χ0n) is 16.0. The molecule has 3 rings (SSSR count). The molecular weight excluding hydrogens is 357 g/mol. The molecule has 2 amide bonds. The van der Waals surface area contributed by atoms with E-state index in [1.807, 2.05) is 6.92 Å². The van der Waals surface area contributed by atoms with Crippen LogP contribution in [0.25, 0.3) is 0 Å². The summed E-state index contributed by atoms with van der Waals surface area (Å²) in [5.74, 6) is 0.466. The third kappa shape index (κ3) is 4.85. The van der Waals surface area contributed by atoms with Gasteiger partial charge in [-0.25, -0.2) is 14.2 Å². The molecule has 1 saturated carbocycles. The minimum Gasteiger partial charge on any atom is -0.398 e. The van der Waals surface area contributed by atoms with Gasteiger partial charge in [-0.05, 0) is 49.9 Å². The first-order valence-electron chi connectivity index (χ1n) is 9.62. The summed E-state index contributed by atoms with van der Waals surface area (Å²) >= 11 is 0. The molecule has 1 heterocycles. The van der Waals surface area contributed by atoms with Crippen molar-refractivity contribution in [2.24, 2.45) is 5.92 Å². The molecule has 0 unspecified atom stereocenters.